The number of hydrogen-bond acceptors (Lipinski definition) is 15. The van der Waals surface area contributed by atoms with Gasteiger partial charge in [-0.05, 0) is 25.7 Å². The van der Waals surface area contributed by atoms with Gasteiger partial charge in [0.15, 0.2) is 24.6 Å². The number of carbonyl (C=O) groups is 4. The normalized spacial score (nSPS) is 22.5. The first-order chi connectivity index (χ1) is 24.9. The summed E-state index contributed by atoms with van der Waals surface area (Å²) in [6.07, 6.45) is -5.78. The Morgan fingerprint density at radius 2 is 0.981 bits per heavy atom. The molecule has 0 aromatic rings. The van der Waals surface area contributed by atoms with Crippen LogP contribution in [0.3, 0.4) is 0 Å². The van der Waals surface area contributed by atoms with Crippen molar-refractivity contribution in [3.63, 3.8) is 0 Å². The molecule has 1 heterocycles. The maximum Gasteiger partial charge on any atom is 0.306 e. The van der Waals surface area contributed by atoms with Gasteiger partial charge in [0.1, 0.15) is 31.0 Å². The van der Waals surface area contributed by atoms with Crippen LogP contribution in [0.15, 0.2) is 0 Å². The molecule has 304 valence electrons. The molecule has 0 spiro atoms. The van der Waals surface area contributed by atoms with Crippen LogP contribution in [0, 0.1) is 0 Å². The van der Waals surface area contributed by atoms with Crippen molar-refractivity contribution in [1.82, 2.24) is 0 Å². The van der Waals surface area contributed by atoms with Gasteiger partial charge < -0.3 is 54.0 Å². The van der Waals surface area contributed by atoms with E-state index < -0.39 is 92.4 Å². The average molecular weight is 751 g/mol. The van der Waals surface area contributed by atoms with Gasteiger partial charge in [-0.2, -0.15) is 0 Å². The van der Waals surface area contributed by atoms with Crippen molar-refractivity contribution < 1.29 is 73.1 Å². The number of esters is 4. The Bertz CT molecular complexity index is 994. The third-order valence-electron chi connectivity index (χ3n) is 8.74. The molecule has 15 heteroatoms. The van der Waals surface area contributed by atoms with E-state index in [1.807, 2.05) is 20.8 Å². The van der Waals surface area contributed by atoms with E-state index in [0.717, 1.165) is 64.2 Å². The fourth-order valence-corrected chi connectivity index (χ4v) is 5.56. The van der Waals surface area contributed by atoms with Crippen LogP contribution in [0.4, 0.5) is 0 Å². The Morgan fingerprint density at radius 1 is 0.558 bits per heavy atom. The van der Waals surface area contributed by atoms with Crippen LogP contribution in [-0.2, 0) is 47.6 Å². The number of aliphatic hydroxyl groups excluding tert-OH is 5. The molecule has 0 radical (unpaired) electrons. The molecule has 5 N–H and O–H groups in total. The van der Waals surface area contributed by atoms with E-state index in [0.29, 0.717) is 25.7 Å². The molecule has 9 atom stereocenters. The highest BCUT2D eigenvalue weighted by Gasteiger charge is 2.54. The second-order valence-corrected chi connectivity index (χ2v) is 13.4. The van der Waals surface area contributed by atoms with E-state index >= 15 is 0 Å². The summed E-state index contributed by atoms with van der Waals surface area (Å²) in [5, 5.41) is 50.7. The molecule has 1 aliphatic heterocycles. The highest BCUT2D eigenvalue weighted by Crippen LogP contribution is 2.32. The average Bonchev–Trinajstić information content (AvgIpc) is 3.12. The van der Waals surface area contributed by atoms with Crippen molar-refractivity contribution in [1.29, 1.82) is 0 Å². The lowest BCUT2D eigenvalue weighted by Crippen LogP contribution is -2.64. The van der Waals surface area contributed by atoms with Gasteiger partial charge in [-0.15, -0.1) is 0 Å². The number of carbonyl (C=O) groups excluding carboxylic acids is 4. The molecule has 1 unspecified atom stereocenters. The molecule has 0 saturated carbocycles. The Morgan fingerprint density at radius 3 is 1.48 bits per heavy atom. The van der Waals surface area contributed by atoms with Gasteiger partial charge in [-0.1, -0.05) is 91.9 Å². The highest BCUT2D eigenvalue weighted by atomic mass is 16.8. The molecule has 1 rings (SSSR count). The first kappa shape index (κ1) is 47.6. The molecule has 1 fully saturated rings. The largest absolute Gasteiger partial charge is 0.463 e. The zero-order chi connectivity index (χ0) is 38.9. The molecular weight excluding hydrogens is 684 g/mol. The number of ether oxygens (including phenoxy) is 6. The molecule has 52 heavy (non-hydrogen) atoms. The molecule has 0 aromatic heterocycles. The Labute approximate surface area is 308 Å². The second-order valence-electron chi connectivity index (χ2n) is 13.4. The van der Waals surface area contributed by atoms with Gasteiger partial charge in [-0.25, -0.2) is 0 Å². The zero-order valence-corrected chi connectivity index (χ0v) is 31.7. The van der Waals surface area contributed by atoms with Gasteiger partial charge in [-0.3, -0.25) is 19.2 Å². The van der Waals surface area contributed by atoms with Crippen LogP contribution in [0.1, 0.15) is 143 Å². The van der Waals surface area contributed by atoms with Gasteiger partial charge in [0.25, 0.3) is 0 Å². The monoisotopic (exact) mass is 750 g/mol. The van der Waals surface area contributed by atoms with E-state index in [2.05, 4.69) is 6.92 Å². The summed E-state index contributed by atoms with van der Waals surface area (Å²) in [6.45, 7) is 6.51. The van der Waals surface area contributed by atoms with E-state index in [-0.39, 0.29) is 25.7 Å². The predicted octanol–water partition coefficient (Wildman–Crippen LogP) is 3.50. The van der Waals surface area contributed by atoms with Crippen LogP contribution in [-0.4, -0.2) is 118 Å². The van der Waals surface area contributed by atoms with Crippen molar-refractivity contribution in [3.05, 3.63) is 0 Å². The lowest BCUT2D eigenvalue weighted by Gasteiger charge is -2.45. The number of hydrogen-bond donors (Lipinski definition) is 5. The first-order valence-electron chi connectivity index (χ1n) is 19.3. The summed E-state index contributed by atoms with van der Waals surface area (Å²) in [5.41, 5.74) is 0. The van der Waals surface area contributed by atoms with Gasteiger partial charge in [0.2, 0.25) is 6.29 Å². The van der Waals surface area contributed by atoms with Crippen molar-refractivity contribution in [2.24, 2.45) is 0 Å². The minimum Gasteiger partial charge on any atom is -0.463 e. The van der Waals surface area contributed by atoms with Crippen molar-refractivity contribution in [2.45, 2.75) is 199 Å². The molecule has 0 aromatic carbocycles. The quantitative estimate of drug-likeness (QED) is 0.0319. The Hall–Kier alpha value is -2.40. The summed E-state index contributed by atoms with van der Waals surface area (Å²) in [4.78, 5) is 52.3. The maximum absolute atomic E-state index is 13.2. The van der Waals surface area contributed by atoms with E-state index in [4.69, 9.17) is 28.4 Å². The standard InChI is InChI=1S/C37H66O15/c1-5-9-13-14-18-22-30(43)51-35-34(50-29(42)21-17-12-8-4)33(49-28(41)20-16-11-7-3)26(24-47-27(40)19-15-10-6-2)48-37(35)52-36(46)32(45)31(44)25(39)23-38/h25-26,31-39,44-46H,5-24H2,1-4H3/t25-,26-,31+,32-,33-,34+,35+,36?,37+/m1/s1. The van der Waals surface area contributed by atoms with Crippen LogP contribution >= 0.6 is 0 Å². The molecule has 0 bridgehead atoms. The van der Waals surface area contributed by atoms with Gasteiger partial charge in [0.05, 0.1) is 6.61 Å². The summed E-state index contributed by atoms with van der Waals surface area (Å²) < 4.78 is 34.7. The smallest absolute Gasteiger partial charge is 0.306 e. The summed E-state index contributed by atoms with van der Waals surface area (Å²) in [5.74, 6) is -2.66. The summed E-state index contributed by atoms with van der Waals surface area (Å²) >= 11 is 0. The molecule has 1 aliphatic rings. The molecule has 0 amide bonds. The van der Waals surface area contributed by atoms with Crippen molar-refractivity contribution in [3.8, 4) is 0 Å². The lowest BCUT2D eigenvalue weighted by atomic mass is 9.97. The third kappa shape index (κ3) is 18.6. The second kappa shape index (κ2) is 28.1. The molecule has 1 saturated heterocycles. The van der Waals surface area contributed by atoms with Gasteiger partial charge in [0, 0.05) is 25.7 Å². The lowest BCUT2D eigenvalue weighted by molar-refractivity contribution is -0.349. The van der Waals surface area contributed by atoms with Gasteiger partial charge >= 0.3 is 23.9 Å². The SMILES string of the molecule is CCCCCCCC(=O)O[C@@H]1[C@H](OC(O)[C@H](O)[C@@H](O)[C@H](O)CO)O[C@H](COC(=O)CCCCC)[C@@H](OC(=O)CCCCC)[C@@H]1OC(=O)CCCCC. The number of unbranched alkanes of at least 4 members (excludes halogenated alkanes) is 10. The minimum absolute atomic E-state index is 0.0170. The van der Waals surface area contributed by atoms with E-state index in [1.165, 1.54) is 0 Å². The van der Waals surface area contributed by atoms with Crippen LogP contribution in [0.2, 0.25) is 0 Å². The summed E-state index contributed by atoms with van der Waals surface area (Å²) in [6, 6.07) is 0. The Kier molecular flexibility index (Phi) is 25.7. The molecule has 15 nitrogen and oxygen atoms in total. The minimum atomic E-state index is -2.30. The third-order valence-corrected chi connectivity index (χ3v) is 8.74. The zero-order valence-electron chi connectivity index (χ0n) is 31.7. The fourth-order valence-electron chi connectivity index (χ4n) is 5.56. The predicted molar refractivity (Wildman–Crippen MR) is 187 cm³/mol. The topological polar surface area (TPSA) is 225 Å². The maximum atomic E-state index is 13.2. The van der Waals surface area contributed by atoms with E-state index in [9.17, 15) is 44.7 Å². The molecular formula is C37H66O15. The first-order valence-corrected chi connectivity index (χ1v) is 19.3. The van der Waals surface area contributed by atoms with Crippen LogP contribution < -0.4 is 0 Å². The van der Waals surface area contributed by atoms with Crippen molar-refractivity contribution in [2.75, 3.05) is 13.2 Å². The number of rotatable bonds is 29. The van der Waals surface area contributed by atoms with Crippen molar-refractivity contribution >= 4 is 23.9 Å². The Balaban J connectivity index is 3.60. The summed E-state index contributed by atoms with van der Waals surface area (Å²) in [7, 11) is 0. The molecule has 0 aliphatic carbocycles. The number of aliphatic hydroxyl groups is 5. The highest BCUT2D eigenvalue weighted by molar-refractivity contribution is 5.72. The fraction of sp³-hybridized carbons (Fsp3) is 0.892. The van der Waals surface area contributed by atoms with E-state index in [1.54, 1.807) is 0 Å². The van der Waals surface area contributed by atoms with Crippen LogP contribution in [0.5, 0.6) is 0 Å². The van der Waals surface area contributed by atoms with Crippen LogP contribution in [0.25, 0.3) is 0 Å².